The minimum absolute atomic E-state index is 0.644. The van der Waals surface area contributed by atoms with Crippen LogP contribution in [0.5, 0.6) is 0 Å². The van der Waals surface area contributed by atoms with Gasteiger partial charge in [0, 0.05) is 19.3 Å². The summed E-state index contributed by atoms with van der Waals surface area (Å²) in [6.07, 6.45) is 0. The monoisotopic (exact) mass is 323 g/mol. The van der Waals surface area contributed by atoms with Gasteiger partial charge in [0.15, 0.2) is 0 Å². The lowest BCUT2D eigenvalue weighted by molar-refractivity contribution is 1.37. The van der Waals surface area contributed by atoms with Crippen LogP contribution < -0.4 is 0 Å². The van der Waals surface area contributed by atoms with E-state index in [-0.39, 0.29) is 0 Å². The van der Waals surface area contributed by atoms with Crippen molar-refractivity contribution in [2.75, 3.05) is 0 Å². The van der Waals surface area contributed by atoms with Gasteiger partial charge in [0.1, 0.15) is 6.07 Å². The molecule has 0 aliphatic rings. The molecular weight excluding hydrogens is 318 g/mol. The van der Waals surface area contributed by atoms with Crippen molar-refractivity contribution in [3.63, 3.8) is 0 Å². The van der Waals surface area contributed by atoms with Crippen molar-refractivity contribution in [1.29, 1.82) is 5.26 Å². The van der Waals surface area contributed by atoms with Crippen LogP contribution in [-0.2, 0) is 0 Å². The third-order valence-corrected chi connectivity index (χ3v) is 4.02. The number of rotatable bonds is 2. The van der Waals surface area contributed by atoms with Crippen LogP contribution in [0.15, 0.2) is 56.7 Å². The van der Waals surface area contributed by atoms with Gasteiger partial charge in [0.05, 0.1) is 5.56 Å². The zero-order chi connectivity index (χ0) is 12.3. The summed E-state index contributed by atoms with van der Waals surface area (Å²) >= 11 is 10.8. The maximum absolute atomic E-state index is 8.83. The number of nitrogens with zero attached hydrogens (tertiary/aromatic N) is 1. The molecule has 0 saturated carbocycles. The Morgan fingerprint density at radius 1 is 1.06 bits per heavy atom. The van der Waals surface area contributed by atoms with Crippen LogP contribution in [0.3, 0.4) is 0 Å². The van der Waals surface area contributed by atoms with Gasteiger partial charge in [-0.25, -0.2) is 0 Å². The first-order valence-corrected chi connectivity index (χ1v) is 6.81. The van der Waals surface area contributed by atoms with E-state index in [1.54, 1.807) is 11.8 Å². The predicted octanol–water partition coefficient (Wildman–Crippen LogP) is 5.13. The van der Waals surface area contributed by atoms with Crippen LogP contribution in [0.1, 0.15) is 5.56 Å². The van der Waals surface area contributed by atoms with Crippen LogP contribution in [0.4, 0.5) is 0 Å². The zero-order valence-corrected chi connectivity index (χ0v) is 11.8. The van der Waals surface area contributed by atoms with Crippen LogP contribution in [0, 0.1) is 11.3 Å². The normalized spacial score (nSPS) is 9.94. The van der Waals surface area contributed by atoms with E-state index in [9.17, 15) is 0 Å². The van der Waals surface area contributed by atoms with E-state index in [2.05, 4.69) is 22.0 Å². The topological polar surface area (TPSA) is 23.8 Å². The van der Waals surface area contributed by atoms with Crippen molar-refractivity contribution >= 4 is 39.3 Å². The van der Waals surface area contributed by atoms with E-state index in [4.69, 9.17) is 16.9 Å². The molecule has 0 saturated heterocycles. The van der Waals surface area contributed by atoms with Gasteiger partial charge in [-0.1, -0.05) is 23.4 Å². The Bertz CT molecular complexity index is 575. The van der Waals surface area contributed by atoms with Gasteiger partial charge in [-0.15, -0.1) is 0 Å². The molecule has 0 aliphatic heterocycles. The largest absolute Gasteiger partial charge is 0.192 e. The lowest BCUT2D eigenvalue weighted by atomic mass is 10.2. The Balaban J connectivity index is 2.22. The van der Waals surface area contributed by atoms with E-state index < -0.39 is 0 Å². The van der Waals surface area contributed by atoms with E-state index in [0.29, 0.717) is 5.56 Å². The van der Waals surface area contributed by atoms with Crippen molar-refractivity contribution in [3.05, 3.63) is 57.5 Å². The Kier molecular flexibility index (Phi) is 4.11. The summed E-state index contributed by atoms with van der Waals surface area (Å²) in [6.45, 7) is 0. The zero-order valence-electron chi connectivity index (χ0n) is 8.65. The number of benzene rings is 2. The van der Waals surface area contributed by atoms with Gasteiger partial charge in [-0.05, 0) is 58.4 Å². The third-order valence-electron chi connectivity index (χ3n) is 2.11. The minimum Gasteiger partial charge on any atom is -0.192 e. The van der Waals surface area contributed by atoms with Crippen molar-refractivity contribution in [2.24, 2.45) is 0 Å². The van der Waals surface area contributed by atoms with Gasteiger partial charge in [-0.2, -0.15) is 5.26 Å². The smallest absolute Gasteiger partial charge is 0.100 e. The van der Waals surface area contributed by atoms with Crippen molar-refractivity contribution in [1.82, 2.24) is 0 Å². The Labute approximate surface area is 118 Å². The molecule has 0 amide bonds. The molecule has 0 N–H and O–H groups in total. The molecule has 0 radical (unpaired) electrons. The number of halogens is 2. The first kappa shape index (κ1) is 12.5. The molecule has 2 aromatic rings. The van der Waals surface area contributed by atoms with Gasteiger partial charge < -0.3 is 0 Å². The van der Waals surface area contributed by atoms with Crippen LogP contribution >= 0.6 is 39.3 Å². The lowest BCUT2D eigenvalue weighted by Gasteiger charge is -2.03. The quantitative estimate of drug-likeness (QED) is 0.765. The summed E-state index contributed by atoms with van der Waals surface area (Å²) in [4.78, 5) is 2.20. The molecule has 0 heterocycles. The van der Waals surface area contributed by atoms with Crippen LogP contribution in [0.25, 0.3) is 0 Å². The fourth-order valence-corrected chi connectivity index (χ4v) is 2.89. The molecule has 2 rings (SSSR count). The minimum atomic E-state index is 0.644. The Morgan fingerprint density at radius 2 is 1.71 bits per heavy atom. The molecule has 1 nitrogen and oxygen atoms in total. The third kappa shape index (κ3) is 3.26. The molecular formula is C13H7BrClNS. The summed E-state index contributed by atoms with van der Waals surface area (Å²) in [7, 11) is 0. The lowest BCUT2D eigenvalue weighted by Crippen LogP contribution is -1.79. The summed E-state index contributed by atoms with van der Waals surface area (Å²) < 4.78 is 0.818. The van der Waals surface area contributed by atoms with E-state index >= 15 is 0 Å². The van der Waals surface area contributed by atoms with Crippen molar-refractivity contribution < 1.29 is 0 Å². The van der Waals surface area contributed by atoms with E-state index in [0.717, 1.165) is 19.3 Å². The number of hydrogen-bond acceptors (Lipinski definition) is 2. The highest BCUT2D eigenvalue weighted by Crippen LogP contribution is 2.31. The van der Waals surface area contributed by atoms with Crippen molar-refractivity contribution in [2.45, 2.75) is 9.79 Å². The fraction of sp³-hybridized carbons (Fsp3) is 0. The molecule has 0 fully saturated rings. The second kappa shape index (κ2) is 5.59. The standard InChI is InChI=1S/C13H7BrClNS/c14-13-7-12(4-1-9(13)8-16)17-11-5-2-10(15)3-6-11/h1-7H. The molecule has 2 aromatic carbocycles. The number of nitriles is 1. The second-order valence-corrected chi connectivity index (χ2v) is 5.75. The molecule has 0 bridgehead atoms. The first-order valence-electron chi connectivity index (χ1n) is 4.82. The average molecular weight is 325 g/mol. The molecule has 4 heteroatoms. The highest BCUT2D eigenvalue weighted by atomic mass is 79.9. The molecule has 0 spiro atoms. The second-order valence-electron chi connectivity index (χ2n) is 3.31. The molecule has 0 aromatic heterocycles. The van der Waals surface area contributed by atoms with Gasteiger partial charge in [0.25, 0.3) is 0 Å². The van der Waals surface area contributed by atoms with Crippen LogP contribution in [-0.4, -0.2) is 0 Å². The number of hydrogen-bond donors (Lipinski definition) is 0. The van der Waals surface area contributed by atoms with E-state index in [1.807, 2.05) is 42.5 Å². The van der Waals surface area contributed by atoms with Crippen LogP contribution in [0.2, 0.25) is 5.02 Å². The molecule has 0 atom stereocenters. The Morgan fingerprint density at radius 3 is 2.29 bits per heavy atom. The summed E-state index contributed by atoms with van der Waals surface area (Å²) in [6, 6.07) is 15.5. The van der Waals surface area contributed by atoms with Gasteiger partial charge in [-0.3, -0.25) is 0 Å². The fourth-order valence-electron chi connectivity index (χ4n) is 1.29. The molecule has 17 heavy (non-hydrogen) atoms. The van der Waals surface area contributed by atoms with Crippen molar-refractivity contribution in [3.8, 4) is 6.07 Å². The average Bonchev–Trinajstić information content (AvgIpc) is 2.32. The summed E-state index contributed by atoms with van der Waals surface area (Å²) in [5.41, 5.74) is 0.644. The highest BCUT2D eigenvalue weighted by Gasteiger charge is 2.02. The molecule has 0 unspecified atom stereocenters. The molecule has 0 aliphatic carbocycles. The first-order chi connectivity index (χ1) is 8.19. The van der Waals surface area contributed by atoms with Gasteiger partial charge in [0.2, 0.25) is 0 Å². The Hall–Kier alpha value is -0.950. The summed E-state index contributed by atoms with van der Waals surface area (Å²) in [5.74, 6) is 0. The van der Waals surface area contributed by atoms with E-state index in [1.165, 1.54) is 0 Å². The maximum Gasteiger partial charge on any atom is 0.100 e. The summed E-state index contributed by atoms with van der Waals surface area (Å²) in [5, 5.41) is 9.56. The predicted molar refractivity (Wildman–Crippen MR) is 74.4 cm³/mol. The SMILES string of the molecule is N#Cc1ccc(Sc2ccc(Cl)cc2)cc1Br. The van der Waals surface area contributed by atoms with Gasteiger partial charge >= 0.3 is 0 Å². The maximum atomic E-state index is 8.83. The highest BCUT2D eigenvalue weighted by molar-refractivity contribution is 9.10. The molecule has 84 valence electrons.